The van der Waals surface area contributed by atoms with Crippen LogP contribution in [0.3, 0.4) is 0 Å². The van der Waals surface area contributed by atoms with Crippen LogP contribution >= 0.6 is 11.6 Å². The number of hydrogen-bond donors (Lipinski definition) is 1. The highest BCUT2D eigenvalue weighted by Crippen LogP contribution is 2.21. The molecule has 2 amide bonds. The zero-order valence-electron chi connectivity index (χ0n) is 19.0. The van der Waals surface area contributed by atoms with Crippen molar-refractivity contribution >= 4 is 29.1 Å². The van der Waals surface area contributed by atoms with Crippen molar-refractivity contribution in [2.24, 2.45) is 0 Å². The summed E-state index contributed by atoms with van der Waals surface area (Å²) in [5.74, 6) is 0.703. The van der Waals surface area contributed by atoms with Crippen molar-refractivity contribution in [2.75, 3.05) is 37.7 Å². The molecule has 0 aromatic heterocycles. The maximum absolute atomic E-state index is 12.9. The van der Waals surface area contributed by atoms with Gasteiger partial charge in [-0.1, -0.05) is 48.0 Å². The Bertz CT molecular complexity index is 1100. The molecule has 7 heteroatoms. The number of hydrogen-bond acceptors (Lipinski definition) is 4. The van der Waals surface area contributed by atoms with Gasteiger partial charge in [-0.2, -0.15) is 0 Å². The van der Waals surface area contributed by atoms with Crippen LogP contribution in [0.15, 0.2) is 78.9 Å². The predicted molar refractivity (Wildman–Crippen MR) is 134 cm³/mol. The molecular weight excluding hydrogens is 450 g/mol. The fraction of sp³-hybridized carbons (Fsp3) is 0.259. The zero-order chi connectivity index (χ0) is 23.8. The van der Waals surface area contributed by atoms with Gasteiger partial charge in [-0.25, -0.2) is 0 Å². The lowest BCUT2D eigenvalue weighted by atomic mass is 10.1. The van der Waals surface area contributed by atoms with Gasteiger partial charge in [-0.3, -0.25) is 9.59 Å². The average Bonchev–Trinajstić information content (AvgIpc) is 2.88. The molecule has 34 heavy (non-hydrogen) atoms. The standard InChI is InChI=1S/C27H28ClN3O3/c28-23-5-4-6-24(19-23)30-14-16-31(17-15-30)27(33)22-11-9-21(10-12-22)20-29-26(32)13-18-34-25-7-2-1-3-8-25/h1-12,19H,13-18,20H2,(H,29,32). The van der Waals surface area contributed by atoms with Crippen LogP contribution in [0, 0.1) is 0 Å². The van der Waals surface area contributed by atoms with Crippen molar-refractivity contribution < 1.29 is 14.3 Å². The van der Waals surface area contributed by atoms with Gasteiger partial charge < -0.3 is 19.9 Å². The van der Waals surface area contributed by atoms with E-state index in [2.05, 4.69) is 10.2 Å². The summed E-state index contributed by atoms with van der Waals surface area (Å²) in [6.07, 6.45) is 0.284. The van der Waals surface area contributed by atoms with Gasteiger partial charge in [0.15, 0.2) is 0 Å². The van der Waals surface area contributed by atoms with E-state index < -0.39 is 0 Å². The Morgan fingerprint density at radius 2 is 1.62 bits per heavy atom. The fourth-order valence-electron chi connectivity index (χ4n) is 3.86. The lowest BCUT2D eigenvalue weighted by Crippen LogP contribution is -2.48. The van der Waals surface area contributed by atoms with E-state index >= 15 is 0 Å². The third kappa shape index (κ3) is 6.51. The van der Waals surface area contributed by atoms with Crippen molar-refractivity contribution in [3.8, 4) is 5.75 Å². The minimum atomic E-state index is -0.0753. The molecule has 3 aromatic rings. The molecule has 1 aliphatic rings. The van der Waals surface area contributed by atoms with Crippen LogP contribution in [-0.4, -0.2) is 49.5 Å². The first-order valence-corrected chi connectivity index (χ1v) is 11.8. The largest absolute Gasteiger partial charge is 0.493 e. The van der Waals surface area contributed by atoms with Crippen LogP contribution in [0.4, 0.5) is 5.69 Å². The molecule has 0 unspecified atom stereocenters. The number of nitrogens with zero attached hydrogens (tertiary/aromatic N) is 2. The van der Waals surface area contributed by atoms with Crippen molar-refractivity contribution in [1.29, 1.82) is 0 Å². The zero-order valence-corrected chi connectivity index (χ0v) is 19.7. The molecule has 0 aliphatic carbocycles. The van der Waals surface area contributed by atoms with E-state index in [0.717, 1.165) is 30.1 Å². The first-order chi connectivity index (χ1) is 16.6. The molecule has 1 heterocycles. The molecule has 1 N–H and O–H groups in total. The molecule has 1 aliphatic heterocycles. The summed E-state index contributed by atoms with van der Waals surface area (Å²) in [4.78, 5) is 29.1. The van der Waals surface area contributed by atoms with E-state index in [1.807, 2.05) is 83.8 Å². The lowest BCUT2D eigenvalue weighted by Gasteiger charge is -2.36. The third-order valence-electron chi connectivity index (χ3n) is 5.77. The van der Waals surface area contributed by atoms with Gasteiger partial charge in [0.05, 0.1) is 13.0 Å². The van der Waals surface area contributed by atoms with Gasteiger partial charge in [0, 0.05) is 49.0 Å². The second-order valence-electron chi connectivity index (χ2n) is 8.14. The number of amides is 2. The molecule has 1 saturated heterocycles. The summed E-state index contributed by atoms with van der Waals surface area (Å²) in [6, 6.07) is 24.6. The molecule has 0 bridgehead atoms. The number of piperazine rings is 1. The van der Waals surface area contributed by atoms with Crippen molar-refractivity contribution in [3.63, 3.8) is 0 Å². The summed E-state index contributed by atoms with van der Waals surface area (Å²) < 4.78 is 5.55. The molecule has 1 fully saturated rings. The van der Waals surface area contributed by atoms with Gasteiger partial charge in [0.25, 0.3) is 5.91 Å². The Kier molecular flexibility index (Phi) is 8.04. The summed E-state index contributed by atoms with van der Waals surface area (Å²) in [7, 11) is 0. The van der Waals surface area contributed by atoms with E-state index in [-0.39, 0.29) is 18.2 Å². The normalized spacial score (nSPS) is 13.4. The second-order valence-corrected chi connectivity index (χ2v) is 8.58. The number of halogens is 1. The first-order valence-electron chi connectivity index (χ1n) is 11.4. The number of rotatable bonds is 8. The molecule has 4 rings (SSSR count). The van der Waals surface area contributed by atoms with Gasteiger partial charge in [-0.05, 0) is 48.0 Å². The van der Waals surface area contributed by atoms with Gasteiger partial charge in [-0.15, -0.1) is 0 Å². The maximum atomic E-state index is 12.9. The van der Waals surface area contributed by atoms with Crippen LogP contribution < -0.4 is 15.0 Å². The maximum Gasteiger partial charge on any atom is 0.253 e. The Hall–Kier alpha value is -3.51. The predicted octanol–water partition coefficient (Wildman–Crippen LogP) is 4.39. The molecule has 6 nitrogen and oxygen atoms in total. The summed E-state index contributed by atoms with van der Waals surface area (Å²) >= 11 is 6.10. The Labute approximate surface area is 205 Å². The van der Waals surface area contributed by atoms with Crippen LogP contribution in [0.25, 0.3) is 0 Å². The van der Waals surface area contributed by atoms with Crippen molar-refractivity contribution in [1.82, 2.24) is 10.2 Å². The monoisotopic (exact) mass is 477 g/mol. The topological polar surface area (TPSA) is 61.9 Å². The minimum Gasteiger partial charge on any atom is -0.493 e. The van der Waals surface area contributed by atoms with E-state index in [9.17, 15) is 9.59 Å². The number of carbonyl (C=O) groups excluding carboxylic acids is 2. The SMILES string of the molecule is O=C(CCOc1ccccc1)NCc1ccc(C(=O)N2CCN(c3cccc(Cl)c3)CC2)cc1. The van der Waals surface area contributed by atoms with E-state index in [1.165, 1.54) is 0 Å². The minimum absolute atomic E-state index is 0.0272. The van der Waals surface area contributed by atoms with Gasteiger partial charge in [0.2, 0.25) is 5.91 Å². The fourth-order valence-corrected chi connectivity index (χ4v) is 4.04. The van der Waals surface area contributed by atoms with Crippen molar-refractivity contribution in [2.45, 2.75) is 13.0 Å². The highest BCUT2D eigenvalue weighted by atomic mass is 35.5. The number of ether oxygens (including phenoxy) is 1. The number of carbonyl (C=O) groups is 2. The Balaban J connectivity index is 1.20. The summed E-state index contributed by atoms with van der Waals surface area (Å²) in [5, 5.41) is 3.61. The van der Waals surface area contributed by atoms with Gasteiger partial charge in [0.1, 0.15) is 5.75 Å². The van der Waals surface area contributed by atoms with E-state index in [4.69, 9.17) is 16.3 Å². The third-order valence-corrected chi connectivity index (χ3v) is 6.01. The number of anilines is 1. The molecule has 3 aromatic carbocycles. The smallest absolute Gasteiger partial charge is 0.253 e. The molecule has 0 atom stereocenters. The quantitative estimate of drug-likeness (QED) is 0.522. The first kappa shape index (κ1) is 23.6. The molecular formula is C27H28ClN3O3. The number of benzene rings is 3. The van der Waals surface area contributed by atoms with Crippen molar-refractivity contribution in [3.05, 3.63) is 95.0 Å². The van der Waals surface area contributed by atoms with Crippen LogP contribution in [-0.2, 0) is 11.3 Å². The molecule has 176 valence electrons. The molecule has 0 saturated carbocycles. The summed E-state index contributed by atoms with van der Waals surface area (Å²) in [5.41, 5.74) is 2.68. The number of nitrogens with one attached hydrogen (secondary N) is 1. The lowest BCUT2D eigenvalue weighted by molar-refractivity contribution is -0.121. The van der Waals surface area contributed by atoms with Crippen LogP contribution in [0.5, 0.6) is 5.75 Å². The highest BCUT2D eigenvalue weighted by molar-refractivity contribution is 6.30. The van der Waals surface area contributed by atoms with Crippen LogP contribution in [0.2, 0.25) is 5.02 Å². The summed E-state index contributed by atoms with van der Waals surface area (Å²) in [6.45, 7) is 3.60. The molecule has 0 radical (unpaired) electrons. The highest BCUT2D eigenvalue weighted by Gasteiger charge is 2.22. The van der Waals surface area contributed by atoms with E-state index in [1.54, 1.807) is 0 Å². The van der Waals surface area contributed by atoms with E-state index in [0.29, 0.717) is 36.8 Å². The average molecular weight is 478 g/mol. The Morgan fingerprint density at radius 1 is 0.882 bits per heavy atom. The second kappa shape index (κ2) is 11.6. The Morgan fingerprint density at radius 3 is 2.32 bits per heavy atom. The van der Waals surface area contributed by atoms with Gasteiger partial charge >= 0.3 is 0 Å². The number of para-hydroxylation sites is 1. The molecule has 0 spiro atoms. The van der Waals surface area contributed by atoms with Crippen LogP contribution in [0.1, 0.15) is 22.3 Å².